The van der Waals surface area contributed by atoms with Crippen LogP contribution in [0.2, 0.25) is 5.02 Å². The monoisotopic (exact) mass is 411 g/mol. The van der Waals surface area contributed by atoms with Gasteiger partial charge in [-0.3, -0.25) is 9.59 Å². The summed E-state index contributed by atoms with van der Waals surface area (Å²) >= 11 is 6.20. The Morgan fingerprint density at radius 1 is 0.964 bits per heavy atom. The van der Waals surface area contributed by atoms with E-state index in [0.29, 0.717) is 37.4 Å². The third kappa shape index (κ3) is 4.56. The van der Waals surface area contributed by atoms with Crippen LogP contribution in [0, 0.1) is 0 Å². The largest absolute Gasteiger partial charge is 0.471 e. The van der Waals surface area contributed by atoms with E-state index in [9.17, 15) is 22.8 Å². The summed E-state index contributed by atoms with van der Waals surface area (Å²) in [4.78, 5) is 27.2. The highest BCUT2D eigenvalue weighted by atomic mass is 35.5. The second-order valence-electron chi connectivity index (χ2n) is 6.26. The molecule has 9 heteroatoms. The van der Waals surface area contributed by atoms with Crippen LogP contribution in [0.25, 0.3) is 0 Å². The zero-order chi connectivity index (χ0) is 20.3. The van der Waals surface area contributed by atoms with Crippen LogP contribution in [0.1, 0.15) is 10.4 Å². The molecule has 1 saturated heterocycles. The Balaban J connectivity index is 1.63. The summed E-state index contributed by atoms with van der Waals surface area (Å²) < 4.78 is 37.0. The summed E-state index contributed by atoms with van der Waals surface area (Å²) in [5, 5.41) is 2.00. The van der Waals surface area contributed by atoms with Crippen molar-refractivity contribution in [2.45, 2.75) is 6.18 Å². The van der Waals surface area contributed by atoms with Crippen molar-refractivity contribution in [1.29, 1.82) is 0 Å². The number of hydrogen-bond acceptors (Lipinski definition) is 3. The molecule has 0 spiro atoms. The second-order valence-corrected chi connectivity index (χ2v) is 6.67. The molecule has 0 unspecified atom stereocenters. The van der Waals surface area contributed by atoms with Crippen LogP contribution >= 0.6 is 11.6 Å². The first-order valence-corrected chi connectivity index (χ1v) is 8.90. The van der Waals surface area contributed by atoms with E-state index in [1.807, 2.05) is 23.1 Å². The van der Waals surface area contributed by atoms with Crippen molar-refractivity contribution >= 4 is 34.8 Å². The fourth-order valence-electron chi connectivity index (χ4n) is 2.96. The van der Waals surface area contributed by atoms with E-state index >= 15 is 0 Å². The number of anilines is 2. The Morgan fingerprint density at radius 3 is 2.18 bits per heavy atom. The molecule has 2 aromatic carbocycles. The number of carbonyl (C=O) groups excluding carboxylic acids is 2. The smallest absolute Gasteiger partial charge is 0.367 e. The van der Waals surface area contributed by atoms with Crippen molar-refractivity contribution in [3.8, 4) is 0 Å². The molecule has 3 rings (SSSR count). The number of benzene rings is 2. The van der Waals surface area contributed by atoms with Crippen LogP contribution in [-0.4, -0.2) is 49.1 Å². The predicted octanol–water partition coefficient (Wildman–Crippen LogP) is 3.80. The van der Waals surface area contributed by atoms with Crippen molar-refractivity contribution in [3.05, 3.63) is 59.1 Å². The molecule has 1 fully saturated rings. The summed E-state index contributed by atoms with van der Waals surface area (Å²) in [5.74, 6) is -2.10. The van der Waals surface area contributed by atoms with Crippen LogP contribution in [0.3, 0.4) is 0 Å². The van der Waals surface area contributed by atoms with Crippen molar-refractivity contribution < 1.29 is 22.8 Å². The van der Waals surface area contributed by atoms with Crippen molar-refractivity contribution in [3.63, 3.8) is 0 Å². The Bertz CT molecular complexity index is 866. The van der Waals surface area contributed by atoms with Gasteiger partial charge in [0.2, 0.25) is 0 Å². The topological polar surface area (TPSA) is 52.7 Å². The van der Waals surface area contributed by atoms with Crippen LogP contribution in [0.5, 0.6) is 0 Å². The van der Waals surface area contributed by atoms with Crippen LogP contribution in [0.4, 0.5) is 24.5 Å². The lowest BCUT2D eigenvalue weighted by Gasteiger charge is -2.36. The number of nitrogens with zero attached hydrogens (tertiary/aromatic N) is 2. The van der Waals surface area contributed by atoms with Gasteiger partial charge in [0.25, 0.3) is 5.91 Å². The summed E-state index contributed by atoms with van der Waals surface area (Å²) in [6.07, 6.45) is -4.97. The number of alkyl halides is 3. The molecule has 0 radical (unpaired) electrons. The molecule has 0 aromatic heterocycles. The lowest BCUT2D eigenvalue weighted by Crippen LogP contribution is -2.48. The molecule has 1 N–H and O–H groups in total. The van der Waals surface area contributed by atoms with Crippen molar-refractivity contribution in [2.24, 2.45) is 0 Å². The first kappa shape index (κ1) is 20.0. The summed E-state index contributed by atoms with van der Waals surface area (Å²) in [6, 6.07) is 13.2. The molecule has 5 nitrogen and oxygen atoms in total. The summed E-state index contributed by atoms with van der Waals surface area (Å²) in [6.45, 7) is 2.06. The van der Waals surface area contributed by atoms with Crippen LogP contribution < -0.4 is 10.2 Å². The van der Waals surface area contributed by atoms with E-state index in [4.69, 9.17) is 11.6 Å². The molecular formula is C19H17ClF3N3O2. The lowest BCUT2D eigenvalue weighted by molar-refractivity contribution is -0.167. The van der Waals surface area contributed by atoms with Gasteiger partial charge in [0.15, 0.2) is 0 Å². The van der Waals surface area contributed by atoms with E-state index in [2.05, 4.69) is 0 Å². The average Bonchev–Trinajstić information content (AvgIpc) is 2.68. The molecule has 1 aliphatic rings. The fraction of sp³-hybridized carbons (Fsp3) is 0.263. The van der Waals surface area contributed by atoms with Gasteiger partial charge >= 0.3 is 12.1 Å². The maximum Gasteiger partial charge on any atom is 0.471 e. The summed E-state index contributed by atoms with van der Waals surface area (Å²) in [7, 11) is 0. The highest BCUT2D eigenvalue weighted by molar-refractivity contribution is 6.33. The van der Waals surface area contributed by atoms with Gasteiger partial charge in [0.1, 0.15) is 0 Å². The number of piperazine rings is 1. The molecule has 0 atom stereocenters. The first-order chi connectivity index (χ1) is 13.3. The standard InChI is InChI=1S/C19H17ClF3N3O2/c20-15-12-14(24-18(28)19(21,22)23)6-7-16(15)25-8-10-26(11-9-25)17(27)13-4-2-1-3-5-13/h1-7,12H,8-11H2,(H,24,28). The average molecular weight is 412 g/mol. The predicted molar refractivity (Wildman–Crippen MR) is 101 cm³/mol. The zero-order valence-corrected chi connectivity index (χ0v) is 15.4. The molecule has 0 saturated carbocycles. The van der Waals surface area contributed by atoms with E-state index in [0.717, 1.165) is 0 Å². The van der Waals surface area contributed by atoms with Gasteiger partial charge in [-0.1, -0.05) is 29.8 Å². The molecule has 0 aliphatic carbocycles. The van der Waals surface area contributed by atoms with Gasteiger partial charge < -0.3 is 15.1 Å². The minimum atomic E-state index is -4.97. The molecular weight excluding hydrogens is 395 g/mol. The Kier molecular flexibility index (Phi) is 5.79. The third-order valence-electron chi connectivity index (χ3n) is 4.39. The number of nitrogens with one attached hydrogen (secondary N) is 1. The van der Waals surface area contributed by atoms with Gasteiger partial charge in [-0.15, -0.1) is 0 Å². The number of halogens is 4. The van der Waals surface area contributed by atoms with Gasteiger partial charge in [-0.25, -0.2) is 0 Å². The van der Waals surface area contributed by atoms with Gasteiger partial charge in [0.05, 0.1) is 10.7 Å². The van der Waals surface area contributed by atoms with Crippen LogP contribution in [-0.2, 0) is 4.79 Å². The third-order valence-corrected chi connectivity index (χ3v) is 4.69. The quantitative estimate of drug-likeness (QED) is 0.835. The number of amides is 2. The molecule has 1 heterocycles. The maximum atomic E-state index is 12.5. The molecule has 28 heavy (non-hydrogen) atoms. The van der Waals surface area contributed by atoms with Gasteiger partial charge in [-0.05, 0) is 30.3 Å². The van der Waals surface area contributed by atoms with Crippen LogP contribution in [0.15, 0.2) is 48.5 Å². The maximum absolute atomic E-state index is 12.5. The van der Waals surface area contributed by atoms with Gasteiger partial charge in [0, 0.05) is 37.4 Å². The first-order valence-electron chi connectivity index (χ1n) is 8.53. The SMILES string of the molecule is O=C(c1ccccc1)N1CCN(c2ccc(NC(=O)C(F)(F)F)cc2Cl)CC1. The molecule has 1 aliphatic heterocycles. The Labute approximate surface area is 164 Å². The van der Waals surface area contributed by atoms with Crippen molar-refractivity contribution in [2.75, 3.05) is 36.4 Å². The number of carbonyl (C=O) groups is 2. The lowest BCUT2D eigenvalue weighted by atomic mass is 10.1. The highest BCUT2D eigenvalue weighted by Crippen LogP contribution is 2.30. The minimum absolute atomic E-state index is 0.0334. The Hall–Kier alpha value is -2.74. The minimum Gasteiger partial charge on any atom is -0.367 e. The normalized spacial score (nSPS) is 14.7. The zero-order valence-electron chi connectivity index (χ0n) is 14.7. The number of hydrogen-bond donors (Lipinski definition) is 1. The van der Waals surface area contributed by atoms with E-state index < -0.39 is 12.1 Å². The van der Waals surface area contributed by atoms with E-state index in [1.165, 1.54) is 12.1 Å². The summed E-state index contributed by atoms with van der Waals surface area (Å²) in [5.41, 5.74) is 1.23. The molecule has 2 aromatic rings. The second kappa shape index (κ2) is 8.10. The fourth-order valence-corrected chi connectivity index (χ4v) is 3.26. The van der Waals surface area contributed by atoms with E-state index in [1.54, 1.807) is 28.4 Å². The Morgan fingerprint density at radius 2 is 1.61 bits per heavy atom. The van der Waals surface area contributed by atoms with E-state index in [-0.39, 0.29) is 16.6 Å². The van der Waals surface area contributed by atoms with Crippen molar-refractivity contribution in [1.82, 2.24) is 4.90 Å². The molecule has 148 valence electrons. The highest BCUT2D eigenvalue weighted by Gasteiger charge is 2.38. The molecule has 2 amide bonds. The molecule has 0 bridgehead atoms. The number of rotatable bonds is 3. The van der Waals surface area contributed by atoms with Gasteiger partial charge in [-0.2, -0.15) is 13.2 Å².